The highest BCUT2D eigenvalue weighted by Crippen LogP contribution is 2.51. The Morgan fingerprint density at radius 3 is 1.86 bits per heavy atom. The van der Waals surface area contributed by atoms with Crippen molar-refractivity contribution in [2.24, 2.45) is 0 Å². The highest BCUT2D eigenvalue weighted by Gasteiger charge is 2.35. The summed E-state index contributed by atoms with van der Waals surface area (Å²) in [6.07, 6.45) is 4.54. The van der Waals surface area contributed by atoms with Gasteiger partial charge in [-0.2, -0.15) is 0 Å². The van der Waals surface area contributed by atoms with E-state index in [1.54, 1.807) is 0 Å². The third-order valence-corrected chi connectivity index (χ3v) is 9.29. The number of hydrogen-bond acceptors (Lipinski definition) is 0. The van der Waals surface area contributed by atoms with E-state index in [1.807, 2.05) is 0 Å². The minimum Gasteiger partial charge on any atom is -0.0622 e. The molecule has 43 heavy (non-hydrogen) atoms. The van der Waals surface area contributed by atoms with Crippen molar-refractivity contribution in [2.75, 3.05) is 0 Å². The Hall–Kier alpha value is -5.20. The van der Waals surface area contributed by atoms with Gasteiger partial charge in [-0.3, -0.25) is 0 Å². The molecule has 0 aliphatic heterocycles. The van der Waals surface area contributed by atoms with Gasteiger partial charge in [-0.05, 0) is 89.3 Å². The Morgan fingerprint density at radius 1 is 0.419 bits per heavy atom. The lowest BCUT2D eigenvalue weighted by molar-refractivity contribution is 0.660. The molecule has 1 aliphatic rings. The maximum absolute atomic E-state index is 2.46. The average molecular weight is 549 g/mol. The van der Waals surface area contributed by atoms with Gasteiger partial charge in [0.2, 0.25) is 0 Å². The minimum atomic E-state index is -0.0545. The van der Waals surface area contributed by atoms with Crippen LogP contribution in [0.5, 0.6) is 0 Å². The fourth-order valence-electron chi connectivity index (χ4n) is 7.12. The first-order valence-corrected chi connectivity index (χ1v) is 15.1. The molecule has 0 bridgehead atoms. The molecule has 0 fully saturated rings. The van der Waals surface area contributed by atoms with Crippen LogP contribution in [0.3, 0.4) is 0 Å². The smallest absolute Gasteiger partial charge is 0.0159 e. The molecule has 7 aromatic rings. The molecule has 0 heterocycles. The summed E-state index contributed by atoms with van der Waals surface area (Å²) in [5, 5.41) is 5.10. The Balaban J connectivity index is 1.43. The van der Waals surface area contributed by atoms with Gasteiger partial charge in [0.05, 0.1) is 0 Å². The van der Waals surface area contributed by atoms with Gasteiger partial charge < -0.3 is 0 Å². The second kappa shape index (κ2) is 9.96. The molecule has 0 saturated carbocycles. The lowest BCUT2D eigenvalue weighted by Crippen LogP contribution is -2.14. The number of fused-ring (bicyclic) bond motifs is 5. The molecule has 0 saturated heterocycles. The van der Waals surface area contributed by atoms with Gasteiger partial charge in [0, 0.05) is 5.41 Å². The van der Waals surface area contributed by atoms with E-state index in [0.29, 0.717) is 0 Å². The fourth-order valence-corrected chi connectivity index (χ4v) is 7.12. The Kier molecular flexibility index (Phi) is 5.91. The van der Waals surface area contributed by atoms with Crippen LogP contribution in [-0.2, 0) is 5.41 Å². The van der Waals surface area contributed by atoms with Gasteiger partial charge in [0.1, 0.15) is 0 Å². The zero-order chi connectivity index (χ0) is 29.0. The second-order valence-corrected chi connectivity index (χ2v) is 12.1. The molecule has 0 atom stereocenters. The standard InChI is InChI=1S/C43H32/c1-43(2)40-20-12-11-18-36(40)37-26-23-32(28-41(37)43)42-38-19-10-9-17-33(38)34(24-21-29-13-5-3-6-14-29)35-25-22-31(27-39(35)42)30-15-7-4-8-16-30/h3-28H,1-2H3/b24-21+. The monoisotopic (exact) mass is 548 g/mol. The third kappa shape index (κ3) is 4.14. The van der Waals surface area contributed by atoms with Gasteiger partial charge in [0.25, 0.3) is 0 Å². The summed E-state index contributed by atoms with van der Waals surface area (Å²) in [7, 11) is 0. The van der Waals surface area contributed by atoms with E-state index >= 15 is 0 Å². The molecule has 0 aromatic heterocycles. The Labute approximate surface area is 253 Å². The molecule has 0 heteroatoms. The quantitative estimate of drug-likeness (QED) is 0.152. The Bertz CT molecular complexity index is 2180. The predicted molar refractivity (Wildman–Crippen MR) is 185 cm³/mol. The molecule has 0 nitrogen and oxygen atoms in total. The van der Waals surface area contributed by atoms with Crippen LogP contribution >= 0.6 is 0 Å². The number of rotatable bonds is 4. The fraction of sp³-hybridized carbons (Fsp3) is 0.0698. The molecule has 0 unspecified atom stereocenters. The van der Waals surface area contributed by atoms with Crippen LogP contribution in [-0.4, -0.2) is 0 Å². The van der Waals surface area contributed by atoms with E-state index in [-0.39, 0.29) is 5.41 Å². The zero-order valence-electron chi connectivity index (χ0n) is 24.5. The van der Waals surface area contributed by atoms with Crippen molar-refractivity contribution < 1.29 is 0 Å². The Morgan fingerprint density at radius 2 is 1.05 bits per heavy atom. The van der Waals surface area contributed by atoms with Crippen molar-refractivity contribution in [1.29, 1.82) is 0 Å². The van der Waals surface area contributed by atoms with E-state index in [9.17, 15) is 0 Å². The summed E-state index contributed by atoms with van der Waals surface area (Å²) in [6, 6.07) is 53.3. The van der Waals surface area contributed by atoms with E-state index < -0.39 is 0 Å². The van der Waals surface area contributed by atoms with Crippen LogP contribution in [0.1, 0.15) is 36.1 Å². The van der Waals surface area contributed by atoms with Crippen molar-refractivity contribution in [3.63, 3.8) is 0 Å². The second-order valence-electron chi connectivity index (χ2n) is 12.1. The van der Waals surface area contributed by atoms with E-state index in [2.05, 4.69) is 172 Å². The summed E-state index contributed by atoms with van der Waals surface area (Å²) in [5.74, 6) is 0. The first-order chi connectivity index (χ1) is 21.1. The number of benzene rings is 7. The molecular formula is C43H32. The van der Waals surface area contributed by atoms with Crippen LogP contribution in [0.25, 0.3) is 67.1 Å². The summed E-state index contributed by atoms with van der Waals surface area (Å²) in [4.78, 5) is 0. The zero-order valence-corrected chi connectivity index (χ0v) is 24.5. The number of hydrogen-bond donors (Lipinski definition) is 0. The first-order valence-electron chi connectivity index (χ1n) is 15.1. The van der Waals surface area contributed by atoms with Crippen LogP contribution in [0, 0.1) is 0 Å². The lowest BCUT2D eigenvalue weighted by Gasteiger charge is -2.23. The van der Waals surface area contributed by atoms with E-state index in [4.69, 9.17) is 0 Å². The topological polar surface area (TPSA) is 0 Å². The molecule has 0 amide bonds. The first kappa shape index (κ1) is 25.5. The van der Waals surface area contributed by atoms with E-state index in [1.165, 1.54) is 77.2 Å². The summed E-state index contributed by atoms with van der Waals surface area (Å²) < 4.78 is 0. The largest absolute Gasteiger partial charge is 0.0622 e. The summed E-state index contributed by atoms with van der Waals surface area (Å²) in [5.41, 5.74) is 13.0. The normalized spacial score (nSPS) is 13.4. The molecule has 204 valence electrons. The van der Waals surface area contributed by atoms with Crippen LogP contribution in [0.15, 0.2) is 146 Å². The SMILES string of the molecule is CC1(C)c2ccccc2-c2ccc(-c3c4ccccc4c(/C=C/c4ccccc4)c4ccc(-c5ccccc5)cc34)cc21. The molecule has 8 rings (SSSR count). The van der Waals surface area contributed by atoms with Crippen LogP contribution in [0.2, 0.25) is 0 Å². The van der Waals surface area contributed by atoms with Crippen molar-refractivity contribution >= 4 is 33.7 Å². The van der Waals surface area contributed by atoms with E-state index in [0.717, 1.165) is 0 Å². The van der Waals surface area contributed by atoms with Gasteiger partial charge in [0.15, 0.2) is 0 Å². The maximum Gasteiger partial charge on any atom is 0.0159 e. The lowest BCUT2D eigenvalue weighted by atomic mass is 9.80. The highest BCUT2D eigenvalue weighted by atomic mass is 14.4. The molecule has 0 radical (unpaired) electrons. The maximum atomic E-state index is 2.46. The molecule has 7 aromatic carbocycles. The van der Waals surface area contributed by atoms with Gasteiger partial charge in [-0.15, -0.1) is 0 Å². The van der Waals surface area contributed by atoms with Crippen molar-refractivity contribution in [3.8, 4) is 33.4 Å². The molecular weight excluding hydrogens is 516 g/mol. The average Bonchev–Trinajstić information content (AvgIpc) is 3.29. The van der Waals surface area contributed by atoms with Gasteiger partial charge >= 0.3 is 0 Å². The van der Waals surface area contributed by atoms with Crippen molar-refractivity contribution in [3.05, 3.63) is 168 Å². The highest BCUT2D eigenvalue weighted by molar-refractivity contribution is 6.19. The summed E-state index contributed by atoms with van der Waals surface area (Å²) in [6.45, 7) is 4.73. The van der Waals surface area contributed by atoms with Crippen molar-refractivity contribution in [1.82, 2.24) is 0 Å². The molecule has 1 aliphatic carbocycles. The van der Waals surface area contributed by atoms with Crippen LogP contribution < -0.4 is 0 Å². The molecule has 0 spiro atoms. The van der Waals surface area contributed by atoms with Crippen molar-refractivity contribution in [2.45, 2.75) is 19.3 Å². The van der Waals surface area contributed by atoms with Gasteiger partial charge in [-0.25, -0.2) is 0 Å². The van der Waals surface area contributed by atoms with Crippen LogP contribution in [0.4, 0.5) is 0 Å². The predicted octanol–water partition coefficient (Wildman–Crippen LogP) is 11.8. The molecule has 0 N–H and O–H groups in total. The third-order valence-electron chi connectivity index (χ3n) is 9.29. The minimum absolute atomic E-state index is 0.0545. The van der Waals surface area contributed by atoms with Gasteiger partial charge in [-0.1, -0.05) is 159 Å². The summed E-state index contributed by atoms with van der Waals surface area (Å²) >= 11 is 0.